The predicted octanol–water partition coefficient (Wildman–Crippen LogP) is 3.28. The van der Waals surface area contributed by atoms with Crippen molar-refractivity contribution < 1.29 is 23.1 Å². The van der Waals surface area contributed by atoms with Crippen molar-refractivity contribution in [2.75, 3.05) is 11.4 Å². The molecule has 0 radical (unpaired) electrons. The number of alkyl halides is 3. The lowest BCUT2D eigenvalue weighted by molar-refractivity contribution is -0.141. The molecule has 0 saturated heterocycles. The maximum atomic E-state index is 13.1. The van der Waals surface area contributed by atoms with Crippen molar-refractivity contribution in [1.82, 2.24) is 9.97 Å². The number of fused-ring (bicyclic) bond motifs is 1. The fraction of sp³-hybridized carbons (Fsp3) is 0.267. The Labute approximate surface area is 129 Å². The summed E-state index contributed by atoms with van der Waals surface area (Å²) >= 11 is 0. The molecule has 1 aromatic carbocycles. The summed E-state index contributed by atoms with van der Waals surface area (Å²) in [5.41, 5.74) is -0.641. The van der Waals surface area contributed by atoms with Gasteiger partial charge in [0.1, 0.15) is 5.56 Å². The van der Waals surface area contributed by atoms with Crippen LogP contribution in [0.2, 0.25) is 0 Å². The van der Waals surface area contributed by atoms with E-state index in [2.05, 4.69) is 9.97 Å². The Hall–Kier alpha value is -2.64. The minimum atomic E-state index is -4.86. The average Bonchev–Trinajstić information content (AvgIpc) is 2.53. The normalized spacial score (nSPS) is 14.5. The molecule has 2 aromatic rings. The van der Waals surface area contributed by atoms with Gasteiger partial charge in [-0.05, 0) is 24.5 Å². The zero-order valence-corrected chi connectivity index (χ0v) is 11.8. The number of aromatic carboxylic acids is 1. The Kier molecular flexibility index (Phi) is 3.67. The Bertz CT molecular complexity index is 762. The predicted molar refractivity (Wildman–Crippen MR) is 75.8 cm³/mol. The number of hydrogen-bond donors (Lipinski definition) is 1. The SMILES string of the molecule is O=C(O)c1cnc(N2CCCc3ccccc32)nc1C(F)(F)F. The van der Waals surface area contributed by atoms with Gasteiger partial charge in [-0.25, -0.2) is 14.8 Å². The number of carboxylic acids is 1. The zero-order valence-electron chi connectivity index (χ0n) is 11.8. The Morgan fingerprint density at radius 3 is 2.70 bits per heavy atom. The molecule has 0 amide bonds. The highest BCUT2D eigenvalue weighted by molar-refractivity contribution is 5.89. The standard InChI is InChI=1S/C15H12F3N3O2/c16-15(17,18)12-10(13(22)23)8-19-14(20-12)21-7-3-5-9-4-1-2-6-11(9)21/h1-2,4,6,8H,3,5,7H2,(H,22,23). The Morgan fingerprint density at radius 2 is 2.00 bits per heavy atom. The molecule has 0 unspecified atom stereocenters. The molecule has 1 N–H and O–H groups in total. The van der Waals surface area contributed by atoms with Gasteiger partial charge in [0.15, 0.2) is 5.69 Å². The minimum Gasteiger partial charge on any atom is -0.478 e. The number of para-hydroxylation sites is 1. The van der Waals surface area contributed by atoms with Gasteiger partial charge in [0, 0.05) is 18.4 Å². The number of aryl methyl sites for hydroxylation is 1. The largest absolute Gasteiger partial charge is 0.478 e. The number of carboxylic acid groups (broad SMARTS) is 1. The molecule has 1 aliphatic heterocycles. The molecule has 0 spiro atoms. The van der Waals surface area contributed by atoms with Gasteiger partial charge >= 0.3 is 12.1 Å². The fourth-order valence-corrected chi connectivity index (χ4v) is 2.62. The molecule has 0 bridgehead atoms. The molecule has 2 heterocycles. The molecule has 1 aromatic heterocycles. The minimum absolute atomic E-state index is 0.144. The van der Waals surface area contributed by atoms with Crippen LogP contribution in [0, 0.1) is 0 Å². The summed E-state index contributed by atoms with van der Waals surface area (Å²) in [6, 6.07) is 7.33. The van der Waals surface area contributed by atoms with Gasteiger partial charge in [0.05, 0.1) is 0 Å². The van der Waals surface area contributed by atoms with Crippen molar-refractivity contribution in [3.63, 3.8) is 0 Å². The van der Waals surface area contributed by atoms with Crippen molar-refractivity contribution in [2.45, 2.75) is 19.0 Å². The van der Waals surface area contributed by atoms with Gasteiger partial charge in [0.2, 0.25) is 5.95 Å². The van der Waals surface area contributed by atoms with Crippen LogP contribution in [0.25, 0.3) is 0 Å². The first-order valence-corrected chi connectivity index (χ1v) is 6.91. The van der Waals surface area contributed by atoms with Gasteiger partial charge in [-0.2, -0.15) is 13.2 Å². The second-order valence-corrected chi connectivity index (χ2v) is 5.12. The number of hydrogen-bond acceptors (Lipinski definition) is 4. The van der Waals surface area contributed by atoms with Gasteiger partial charge < -0.3 is 10.0 Å². The summed E-state index contributed by atoms with van der Waals surface area (Å²) in [5, 5.41) is 8.89. The molecular weight excluding hydrogens is 311 g/mol. The second-order valence-electron chi connectivity index (χ2n) is 5.12. The maximum Gasteiger partial charge on any atom is 0.434 e. The van der Waals surface area contributed by atoms with Crippen LogP contribution < -0.4 is 4.90 Å². The first kappa shape index (κ1) is 15.3. The monoisotopic (exact) mass is 323 g/mol. The molecule has 8 heteroatoms. The van der Waals surface area contributed by atoms with Crippen LogP contribution in [0.3, 0.4) is 0 Å². The summed E-state index contributed by atoms with van der Waals surface area (Å²) < 4.78 is 39.2. The molecule has 0 saturated carbocycles. The van der Waals surface area contributed by atoms with Crippen LogP contribution in [-0.4, -0.2) is 27.6 Å². The quantitative estimate of drug-likeness (QED) is 0.919. The number of aromatic nitrogens is 2. The van der Waals surface area contributed by atoms with Gasteiger partial charge in [-0.3, -0.25) is 0 Å². The van der Waals surface area contributed by atoms with Crippen LogP contribution in [0.15, 0.2) is 30.5 Å². The molecule has 0 aliphatic carbocycles. The number of carbonyl (C=O) groups is 1. The number of nitrogens with zero attached hydrogens (tertiary/aromatic N) is 3. The van der Waals surface area contributed by atoms with Gasteiger partial charge in [0.25, 0.3) is 0 Å². The summed E-state index contributed by atoms with van der Waals surface area (Å²) in [4.78, 5) is 19.9. The van der Waals surface area contributed by atoms with Crippen LogP contribution in [0.1, 0.15) is 28.0 Å². The number of halogens is 3. The van der Waals surface area contributed by atoms with Crippen molar-refractivity contribution in [2.24, 2.45) is 0 Å². The third-order valence-corrected chi connectivity index (χ3v) is 3.63. The van der Waals surface area contributed by atoms with E-state index < -0.39 is 23.4 Å². The van der Waals surface area contributed by atoms with Crippen LogP contribution in [-0.2, 0) is 12.6 Å². The lowest BCUT2D eigenvalue weighted by Gasteiger charge is -2.29. The van der Waals surface area contributed by atoms with E-state index in [9.17, 15) is 18.0 Å². The van der Waals surface area contributed by atoms with E-state index in [0.717, 1.165) is 24.1 Å². The fourth-order valence-electron chi connectivity index (χ4n) is 2.62. The van der Waals surface area contributed by atoms with Gasteiger partial charge in [-0.1, -0.05) is 18.2 Å². The smallest absolute Gasteiger partial charge is 0.434 e. The second kappa shape index (κ2) is 5.53. The van der Waals surface area contributed by atoms with E-state index >= 15 is 0 Å². The van der Waals surface area contributed by atoms with E-state index in [4.69, 9.17) is 5.11 Å². The molecule has 0 atom stereocenters. The van der Waals surface area contributed by atoms with Crippen LogP contribution in [0.5, 0.6) is 0 Å². The third kappa shape index (κ3) is 2.84. The summed E-state index contributed by atoms with van der Waals surface area (Å²) in [6.07, 6.45) is -2.57. The zero-order chi connectivity index (χ0) is 16.6. The van der Waals surface area contributed by atoms with E-state index in [1.165, 1.54) is 0 Å². The highest BCUT2D eigenvalue weighted by Gasteiger charge is 2.38. The van der Waals surface area contributed by atoms with Crippen molar-refractivity contribution in [3.05, 3.63) is 47.3 Å². The molecule has 3 rings (SSSR count). The molecule has 1 aliphatic rings. The number of benzene rings is 1. The Morgan fingerprint density at radius 1 is 1.26 bits per heavy atom. The first-order chi connectivity index (χ1) is 10.9. The Balaban J connectivity index is 2.10. The first-order valence-electron chi connectivity index (χ1n) is 6.91. The van der Waals surface area contributed by atoms with Crippen molar-refractivity contribution in [3.8, 4) is 0 Å². The van der Waals surface area contributed by atoms with Crippen LogP contribution in [0.4, 0.5) is 24.8 Å². The molecule has 120 valence electrons. The van der Waals surface area contributed by atoms with Crippen molar-refractivity contribution in [1.29, 1.82) is 0 Å². The lowest BCUT2D eigenvalue weighted by Crippen LogP contribution is -2.28. The number of anilines is 2. The highest BCUT2D eigenvalue weighted by Crippen LogP contribution is 2.35. The molecule has 23 heavy (non-hydrogen) atoms. The summed E-state index contributed by atoms with van der Waals surface area (Å²) in [6.45, 7) is 0.473. The average molecular weight is 323 g/mol. The van der Waals surface area contributed by atoms with E-state index in [-0.39, 0.29) is 5.95 Å². The van der Waals surface area contributed by atoms with E-state index in [0.29, 0.717) is 12.7 Å². The maximum absolute atomic E-state index is 13.1. The molecule has 5 nitrogen and oxygen atoms in total. The lowest BCUT2D eigenvalue weighted by atomic mass is 10.0. The summed E-state index contributed by atoms with van der Waals surface area (Å²) in [7, 11) is 0. The highest BCUT2D eigenvalue weighted by atomic mass is 19.4. The van der Waals surface area contributed by atoms with Gasteiger partial charge in [-0.15, -0.1) is 0 Å². The summed E-state index contributed by atoms with van der Waals surface area (Å²) in [5.74, 6) is -1.85. The topological polar surface area (TPSA) is 66.3 Å². The third-order valence-electron chi connectivity index (χ3n) is 3.63. The molecular formula is C15H12F3N3O2. The van der Waals surface area contributed by atoms with Crippen LogP contribution >= 0.6 is 0 Å². The van der Waals surface area contributed by atoms with E-state index in [1.54, 1.807) is 17.0 Å². The van der Waals surface area contributed by atoms with E-state index in [1.807, 2.05) is 12.1 Å². The molecule has 0 fully saturated rings. The number of rotatable bonds is 2. The van der Waals surface area contributed by atoms with Crippen molar-refractivity contribution >= 4 is 17.6 Å².